The van der Waals surface area contributed by atoms with Gasteiger partial charge < -0.3 is 9.64 Å². The molecule has 1 amide bonds. The summed E-state index contributed by atoms with van der Waals surface area (Å²) in [6.07, 6.45) is 5.18. The van der Waals surface area contributed by atoms with Crippen LogP contribution in [-0.4, -0.2) is 46.3 Å². The van der Waals surface area contributed by atoms with E-state index < -0.39 is 5.97 Å². The van der Waals surface area contributed by atoms with Gasteiger partial charge in [0.05, 0.1) is 13.2 Å². The minimum absolute atomic E-state index is 0.161. The van der Waals surface area contributed by atoms with Gasteiger partial charge in [0.15, 0.2) is 5.69 Å². The van der Waals surface area contributed by atoms with Crippen LogP contribution in [0.1, 0.15) is 27.9 Å². The highest BCUT2D eigenvalue weighted by atomic mass is 16.5. The minimum atomic E-state index is -0.512. The largest absolute Gasteiger partial charge is 0.461 e. The van der Waals surface area contributed by atoms with Crippen LogP contribution in [0.25, 0.3) is 0 Å². The summed E-state index contributed by atoms with van der Waals surface area (Å²) in [5, 5.41) is 4.13. The number of amides is 1. The van der Waals surface area contributed by atoms with E-state index in [0.29, 0.717) is 25.3 Å². The Kier molecular flexibility index (Phi) is 4.93. The van der Waals surface area contributed by atoms with Gasteiger partial charge in [-0.25, -0.2) is 4.79 Å². The van der Waals surface area contributed by atoms with Crippen molar-refractivity contribution in [1.29, 1.82) is 0 Å². The molecular formula is C16H19N3O3. The van der Waals surface area contributed by atoms with Crippen molar-refractivity contribution in [2.75, 3.05) is 19.7 Å². The first-order valence-electron chi connectivity index (χ1n) is 7.09. The van der Waals surface area contributed by atoms with Crippen molar-refractivity contribution < 1.29 is 14.3 Å². The number of rotatable bonds is 6. The van der Waals surface area contributed by atoms with E-state index in [1.54, 1.807) is 28.7 Å². The van der Waals surface area contributed by atoms with Crippen LogP contribution in [-0.2, 0) is 11.3 Å². The highest BCUT2D eigenvalue weighted by molar-refractivity contribution is 5.96. The van der Waals surface area contributed by atoms with Crippen LogP contribution >= 0.6 is 0 Å². The molecule has 0 aliphatic carbocycles. The molecule has 1 aromatic heterocycles. The second-order valence-electron chi connectivity index (χ2n) is 4.77. The molecule has 0 radical (unpaired) electrons. The number of carbonyl (C=O) groups is 2. The maximum atomic E-state index is 12.5. The first-order chi connectivity index (χ1) is 10.6. The molecule has 0 fully saturated rings. The van der Waals surface area contributed by atoms with Crippen LogP contribution in [0.3, 0.4) is 0 Å². The standard InChI is InChI=1S/C16H19N3O3/c1-4-7-12(5-2)11-18-8-9-19-14(15(18)20)10-13(17-19)16(21)22-6-3/h4-5,7,10H,1-2,6,8-9,11H2,3H3/b12-7+. The van der Waals surface area contributed by atoms with E-state index >= 15 is 0 Å². The Morgan fingerprint density at radius 2 is 2.23 bits per heavy atom. The second-order valence-corrected chi connectivity index (χ2v) is 4.77. The summed E-state index contributed by atoms with van der Waals surface area (Å²) in [5.74, 6) is -0.673. The van der Waals surface area contributed by atoms with E-state index in [9.17, 15) is 9.59 Å². The average molecular weight is 301 g/mol. The quantitative estimate of drug-likeness (QED) is 0.594. The Hall–Kier alpha value is -2.63. The lowest BCUT2D eigenvalue weighted by Gasteiger charge is -2.27. The van der Waals surface area contributed by atoms with Crippen LogP contribution in [0.4, 0.5) is 0 Å². The second kappa shape index (κ2) is 6.89. The number of hydrogen-bond acceptors (Lipinski definition) is 4. The molecular weight excluding hydrogens is 282 g/mol. The molecule has 116 valence electrons. The fourth-order valence-electron chi connectivity index (χ4n) is 2.25. The highest BCUT2D eigenvalue weighted by Crippen LogP contribution is 2.16. The Labute approximate surface area is 129 Å². The van der Waals surface area contributed by atoms with Gasteiger partial charge >= 0.3 is 5.97 Å². The summed E-state index contributed by atoms with van der Waals surface area (Å²) >= 11 is 0. The molecule has 0 bridgehead atoms. The molecule has 1 aliphatic heterocycles. The molecule has 0 atom stereocenters. The molecule has 6 heteroatoms. The number of carbonyl (C=O) groups excluding carboxylic acids is 2. The van der Waals surface area contributed by atoms with Crippen molar-refractivity contribution in [3.8, 4) is 0 Å². The smallest absolute Gasteiger partial charge is 0.358 e. The van der Waals surface area contributed by atoms with Crippen LogP contribution in [0.5, 0.6) is 0 Å². The Bertz CT molecular complexity index is 643. The predicted octanol–water partition coefficient (Wildman–Crippen LogP) is 1.81. The Morgan fingerprint density at radius 1 is 1.45 bits per heavy atom. The van der Waals surface area contributed by atoms with E-state index in [1.165, 1.54) is 6.07 Å². The van der Waals surface area contributed by atoms with Gasteiger partial charge in [0.1, 0.15) is 5.69 Å². The summed E-state index contributed by atoms with van der Waals surface area (Å²) in [7, 11) is 0. The molecule has 22 heavy (non-hydrogen) atoms. The van der Waals surface area contributed by atoms with Crippen molar-refractivity contribution >= 4 is 11.9 Å². The molecule has 0 saturated carbocycles. The zero-order chi connectivity index (χ0) is 16.1. The van der Waals surface area contributed by atoms with Gasteiger partial charge in [0.2, 0.25) is 0 Å². The van der Waals surface area contributed by atoms with E-state index in [2.05, 4.69) is 18.3 Å². The highest BCUT2D eigenvalue weighted by Gasteiger charge is 2.28. The fourth-order valence-corrected chi connectivity index (χ4v) is 2.25. The van der Waals surface area contributed by atoms with Gasteiger partial charge in [-0.05, 0) is 12.5 Å². The Balaban J connectivity index is 2.19. The van der Waals surface area contributed by atoms with E-state index in [4.69, 9.17) is 4.74 Å². The zero-order valence-electron chi connectivity index (χ0n) is 12.6. The first kappa shape index (κ1) is 15.8. The lowest BCUT2D eigenvalue weighted by molar-refractivity contribution is 0.0517. The zero-order valence-corrected chi connectivity index (χ0v) is 12.6. The van der Waals surface area contributed by atoms with Crippen LogP contribution in [0.2, 0.25) is 0 Å². The summed E-state index contributed by atoms with van der Waals surface area (Å²) < 4.78 is 6.46. The number of fused-ring (bicyclic) bond motifs is 1. The summed E-state index contributed by atoms with van der Waals surface area (Å²) in [5.41, 5.74) is 1.47. The number of ether oxygens (including phenoxy) is 1. The van der Waals surface area contributed by atoms with Crippen molar-refractivity contribution in [3.63, 3.8) is 0 Å². The maximum Gasteiger partial charge on any atom is 0.358 e. The maximum absolute atomic E-state index is 12.5. The van der Waals surface area contributed by atoms with Crippen molar-refractivity contribution in [3.05, 3.63) is 54.4 Å². The van der Waals surface area contributed by atoms with Crippen LogP contribution in [0.15, 0.2) is 43.0 Å². The van der Waals surface area contributed by atoms with Crippen LogP contribution < -0.4 is 0 Å². The van der Waals surface area contributed by atoms with Crippen molar-refractivity contribution in [1.82, 2.24) is 14.7 Å². The average Bonchev–Trinajstić information content (AvgIpc) is 2.94. The lowest BCUT2D eigenvalue weighted by Crippen LogP contribution is -2.41. The predicted molar refractivity (Wildman–Crippen MR) is 82.6 cm³/mol. The number of hydrogen-bond donors (Lipinski definition) is 0. The molecule has 2 rings (SSSR count). The van der Waals surface area contributed by atoms with Gasteiger partial charge in [0, 0.05) is 19.2 Å². The first-order valence-corrected chi connectivity index (χ1v) is 7.09. The molecule has 6 nitrogen and oxygen atoms in total. The summed E-state index contributed by atoms with van der Waals surface area (Å²) in [6, 6.07) is 1.48. The number of allylic oxidation sites excluding steroid dienone is 2. The van der Waals surface area contributed by atoms with E-state index in [1.807, 2.05) is 6.08 Å². The molecule has 1 aliphatic rings. The van der Waals surface area contributed by atoms with E-state index in [-0.39, 0.29) is 18.2 Å². The molecule has 0 N–H and O–H groups in total. The molecule has 0 aromatic carbocycles. The SMILES string of the molecule is C=C/C=C(\C=C)CN1CCn2nc(C(=O)OCC)cc2C1=O. The topological polar surface area (TPSA) is 64.4 Å². The van der Waals surface area contributed by atoms with Gasteiger partial charge in [0.25, 0.3) is 5.91 Å². The third-order valence-corrected chi connectivity index (χ3v) is 3.32. The van der Waals surface area contributed by atoms with Crippen LogP contribution in [0, 0.1) is 0 Å². The van der Waals surface area contributed by atoms with Gasteiger partial charge in [-0.2, -0.15) is 5.10 Å². The minimum Gasteiger partial charge on any atom is -0.461 e. The third-order valence-electron chi connectivity index (χ3n) is 3.32. The van der Waals surface area contributed by atoms with Gasteiger partial charge in [-0.1, -0.05) is 31.4 Å². The summed E-state index contributed by atoms with van der Waals surface area (Å²) in [4.78, 5) is 25.9. The number of nitrogens with zero attached hydrogens (tertiary/aromatic N) is 3. The van der Waals surface area contributed by atoms with Crippen molar-refractivity contribution in [2.24, 2.45) is 0 Å². The normalized spacial score (nSPS) is 14.5. The Morgan fingerprint density at radius 3 is 2.86 bits per heavy atom. The molecule has 0 unspecified atom stereocenters. The van der Waals surface area contributed by atoms with Crippen molar-refractivity contribution in [2.45, 2.75) is 13.5 Å². The molecule has 2 heterocycles. The summed E-state index contributed by atoms with van der Waals surface area (Å²) in [6.45, 7) is 10.9. The molecule has 0 saturated heterocycles. The monoisotopic (exact) mass is 301 g/mol. The number of aromatic nitrogens is 2. The fraction of sp³-hybridized carbons (Fsp3) is 0.312. The molecule has 0 spiro atoms. The van der Waals surface area contributed by atoms with Gasteiger partial charge in [-0.15, -0.1) is 0 Å². The molecule has 1 aromatic rings. The van der Waals surface area contributed by atoms with Gasteiger partial charge in [-0.3, -0.25) is 9.48 Å². The third kappa shape index (κ3) is 3.16. The number of esters is 1. The lowest BCUT2D eigenvalue weighted by atomic mass is 10.2. The van der Waals surface area contributed by atoms with E-state index in [0.717, 1.165) is 5.57 Å².